The highest BCUT2D eigenvalue weighted by Crippen LogP contribution is 2.35. The Morgan fingerprint density at radius 1 is 1.06 bits per heavy atom. The van der Waals surface area contributed by atoms with E-state index in [2.05, 4.69) is 73.1 Å². The highest BCUT2D eigenvalue weighted by atomic mass is 79.9. The summed E-state index contributed by atoms with van der Waals surface area (Å²) in [5, 5.41) is 0. The van der Waals surface area contributed by atoms with E-state index >= 15 is 0 Å². The van der Waals surface area contributed by atoms with E-state index in [0.717, 1.165) is 0 Å². The molecule has 18 heavy (non-hydrogen) atoms. The highest BCUT2D eigenvalue weighted by Gasteiger charge is 2.12. The summed E-state index contributed by atoms with van der Waals surface area (Å²) in [7, 11) is 0. The normalized spacial score (nSPS) is 14.4. The zero-order valence-corrected chi connectivity index (χ0v) is 13.5. The van der Waals surface area contributed by atoms with Gasteiger partial charge in [0.2, 0.25) is 0 Å². The van der Waals surface area contributed by atoms with Crippen LogP contribution in [0.4, 0.5) is 0 Å². The van der Waals surface area contributed by atoms with Crippen molar-refractivity contribution in [1.29, 1.82) is 0 Å². The predicted octanol–water partition coefficient (Wildman–Crippen LogP) is 6.05. The molecule has 0 fully saturated rings. The Morgan fingerprint density at radius 3 is 2.17 bits per heavy atom. The monoisotopic (exact) mass is 322 g/mol. The minimum Gasteiger partial charge on any atom is -0.144 e. The van der Waals surface area contributed by atoms with Crippen molar-refractivity contribution in [3.63, 3.8) is 0 Å². The van der Waals surface area contributed by atoms with Gasteiger partial charge >= 0.3 is 0 Å². The van der Waals surface area contributed by atoms with Gasteiger partial charge in [-0.2, -0.15) is 0 Å². The Bertz CT molecular complexity index is 498. The molecule has 2 rings (SSSR count). The van der Waals surface area contributed by atoms with E-state index in [1.165, 1.54) is 27.3 Å². The Labute approximate surface area is 122 Å². The molecule has 1 aromatic carbocycles. The number of hydrogen-bond donors (Lipinski definition) is 0. The zero-order valence-electron chi connectivity index (χ0n) is 11.1. The Hall–Kier alpha value is -0.600. The molecule has 0 spiro atoms. The molecule has 0 bridgehead atoms. The minimum atomic E-state index is 0.321. The molecule has 0 aliphatic carbocycles. The van der Waals surface area contributed by atoms with E-state index in [1.807, 2.05) is 11.3 Å². The van der Waals surface area contributed by atoms with Crippen LogP contribution < -0.4 is 0 Å². The van der Waals surface area contributed by atoms with Gasteiger partial charge < -0.3 is 0 Å². The summed E-state index contributed by atoms with van der Waals surface area (Å²) in [5.41, 5.74) is 2.77. The Kier molecular flexibility index (Phi) is 4.63. The van der Waals surface area contributed by atoms with Gasteiger partial charge in [-0.15, -0.1) is 11.3 Å². The van der Waals surface area contributed by atoms with Crippen LogP contribution in [0, 0.1) is 6.92 Å². The van der Waals surface area contributed by atoms with Crippen molar-refractivity contribution in [1.82, 2.24) is 0 Å². The Morgan fingerprint density at radius 2 is 1.67 bits per heavy atom. The molecule has 0 N–H and O–H groups in total. The molecule has 0 saturated heterocycles. The molecule has 2 aromatic rings. The second-order valence-electron chi connectivity index (χ2n) is 4.79. The van der Waals surface area contributed by atoms with Gasteiger partial charge in [0.1, 0.15) is 0 Å². The zero-order chi connectivity index (χ0) is 13.1. The number of thiophene rings is 1. The van der Waals surface area contributed by atoms with E-state index in [-0.39, 0.29) is 0 Å². The molecule has 0 nitrogen and oxygen atoms in total. The Balaban J connectivity index is 2.19. The predicted molar refractivity (Wildman–Crippen MR) is 85.0 cm³/mol. The lowest BCUT2D eigenvalue weighted by Crippen LogP contribution is -1.94. The number of alkyl halides is 1. The van der Waals surface area contributed by atoms with Crippen LogP contribution in [0.25, 0.3) is 0 Å². The van der Waals surface area contributed by atoms with Gasteiger partial charge in [-0.25, -0.2) is 0 Å². The summed E-state index contributed by atoms with van der Waals surface area (Å²) in [6.07, 6.45) is 1.20. The topological polar surface area (TPSA) is 0 Å². The van der Waals surface area contributed by atoms with Crippen molar-refractivity contribution in [2.24, 2.45) is 0 Å². The van der Waals surface area contributed by atoms with Crippen molar-refractivity contribution in [2.75, 3.05) is 0 Å². The fourth-order valence-corrected chi connectivity index (χ4v) is 3.60. The first-order valence-corrected chi connectivity index (χ1v) is 8.15. The van der Waals surface area contributed by atoms with Crippen molar-refractivity contribution in [3.05, 3.63) is 57.3 Å². The molecule has 2 heteroatoms. The number of rotatable bonds is 4. The standard InChI is InChI=1S/C16H19BrS/c1-4-11(2)13-6-8-14(9-7-13)16(17)15-10-5-12(3)18-15/h5-11,16H,4H2,1-3H3. The highest BCUT2D eigenvalue weighted by molar-refractivity contribution is 9.09. The van der Waals surface area contributed by atoms with Gasteiger partial charge in [-0.3, -0.25) is 0 Å². The van der Waals surface area contributed by atoms with Crippen LogP contribution >= 0.6 is 27.3 Å². The first-order valence-electron chi connectivity index (χ1n) is 6.42. The van der Waals surface area contributed by atoms with Crippen molar-refractivity contribution < 1.29 is 0 Å². The number of hydrogen-bond acceptors (Lipinski definition) is 1. The SMILES string of the molecule is CCC(C)c1ccc(C(Br)c2ccc(C)s2)cc1. The summed E-state index contributed by atoms with van der Waals surface area (Å²) in [6.45, 7) is 6.67. The van der Waals surface area contributed by atoms with Crippen LogP contribution in [-0.2, 0) is 0 Å². The first-order chi connectivity index (χ1) is 8.61. The van der Waals surface area contributed by atoms with Crippen LogP contribution in [0.2, 0.25) is 0 Å². The van der Waals surface area contributed by atoms with E-state index in [9.17, 15) is 0 Å². The molecule has 2 atom stereocenters. The van der Waals surface area contributed by atoms with E-state index in [1.54, 1.807) is 0 Å². The quantitative estimate of drug-likeness (QED) is 0.600. The largest absolute Gasteiger partial charge is 0.144 e. The number of halogens is 1. The molecular weight excluding hydrogens is 304 g/mol. The fourth-order valence-electron chi connectivity index (χ4n) is 1.98. The summed E-state index contributed by atoms with van der Waals surface area (Å²) in [5.74, 6) is 0.650. The fraction of sp³-hybridized carbons (Fsp3) is 0.375. The van der Waals surface area contributed by atoms with E-state index < -0.39 is 0 Å². The van der Waals surface area contributed by atoms with Crippen LogP contribution in [0.15, 0.2) is 36.4 Å². The number of aryl methyl sites for hydroxylation is 1. The second-order valence-corrected chi connectivity index (χ2v) is 7.02. The average Bonchev–Trinajstić information content (AvgIpc) is 2.84. The lowest BCUT2D eigenvalue weighted by molar-refractivity contribution is 0.733. The maximum Gasteiger partial charge on any atom is 0.0738 e. The molecule has 1 aromatic heterocycles. The van der Waals surface area contributed by atoms with Gasteiger partial charge in [0, 0.05) is 9.75 Å². The van der Waals surface area contributed by atoms with Crippen LogP contribution in [0.3, 0.4) is 0 Å². The molecular formula is C16H19BrS. The summed E-state index contributed by atoms with van der Waals surface area (Å²) in [4.78, 5) is 3.07. The lowest BCUT2D eigenvalue weighted by atomic mass is 9.97. The second kappa shape index (κ2) is 6.03. The molecule has 1 heterocycles. The summed E-state index contributed by atoms with van der Waals surface area (Å²) < 4.78 is 0. The third-order valence-electron chi connectivity index (χ3n) is 3.42. The van der Waals surface area contributed by atoms with E-state index in [4.69, 9.17) is 0 Å². The van der Waals surface area contributed by atoms with Crippen LogP contribution in [-0.4, -0.2) is 0 Å². The third-order valence-corrected chi connectivity index (χ3v) is 5.81. The first kappa shape index (κ1) is 13.8. The minimum absolute atomic E-state index is 0.321. The smallest absolute Gasteiger partial charge is 0.0738 e. The maximum absolute atomic E-state index is 3.80. The molecule has 0 aliphatic rings. The van der Waals surface area contributed by atoms with Crippen molar-refractivity contribution in [3.8, 4) is 0 Å². The van der Waals surface area contributed by atoms with Crippen molar-refractivity contribution in [2.45, 2.75) is 37.9 Å². The average molecular weight is 323 g/mol. The third kappa shape index (κ3) is 3.04. The van der Waals surface area contributed by atoms with Gasteiger partial charge in [-0.05, 0) is 42.5 Å². The molecule has 2 unspecified atom stereocenters. The maximum atomic E-state index is 3.80. The summed E-state index contributed by atoms with van der Waals surface area (Å²) in [6, 6.07) is 13.4. The molecule has 0 radical (unpaired) electrons. The van der Waals surface area contributed by atoms with Crippen molar-refractivity contribution >= 4 is 27.3 Å². The van der Waals surface area contributed by atoms with Gasteiger partial charge in [0.15, 0.2) is 0 Å². The summed E-state index contributed by atoms with van der Waals surface area (Å²) >= 11 is 5.66. The van der Waals surface area contributed by atoms with Gasteiger partial charge in [0.25, 0.3) is 0 Å². The molecule has 0 aliphatic heterocycles. The van der Waals surface area contributed by atoms with Gasteiger partial charge in [-0.1, -0.05) is 54.0 Å². The van der Waals surface area contributed by atoms with Crippen LogP contribution in [0.5, 0.6) is 0 Å². The van der Waals surface area contributed by atoms with Crippen LogP contribution in [0.1, 0.15) is 51.9 Å². The lowest BCUT2D eigenvalue weighted by Gasteiger charge is -2.12. The number of benzene rings is 1. The van der Waals surface area contributed by atoms with E-state index in [0.29, 0.717) is 10.7 Å². The molecule has 0 amide bonds. The molecule has 0 saturated carbocycles. The molecule has 96 valence electrons. The van der Waals surface area contributed by atoms with Gasteiger partial charge in [0.05, 0.1) is 4.83 Å².